The molecule has 0 bridgehead atoms. The normalized spacial score (nSPS) is 14.2. The second-order valence-electron chi connectivity index (χ2n) is 7.54. The van der Waals surface area contributed by atoms with Crippen LogP contribution in [0.4, 0.5) is 11.5 Å². The Labute approximate surface area is 176 Å². The van der Waals surface area contributed by atoms with Crippen molar-refractivity contribution in [2.75, 3.05) is 18.4 Å². The van der Waals surface area contributed by atoms with Crippen LogP contribution in [0.25, 0.3) is 0 Å². The molecule has 0 spiro atoms. The quantitative estimate of drug-likeness (QED) is 0.698. The molecule has 6 heteroatoms. The maximum atomic E-state index is 12.8. The smallest absolute Gasteiger partial charge is 0.274 e. The predicted octanol–water partition coefficient (Wildman–Crippen LogP) is 4.19. The van der Waals surface area contributed by atoms with Crippen molar-refractivity contribution in [2.45, 2.75) is 19.3 Å². The molecule has 1 N–H and O–H groups in total. The predicted molar refractivity (Wildman–Crippen MR) is 115 cm³/mol. The van der Waals surface area contributed by atoms with Gasteiger partial charge in [-0.05, 0) is 67.1 Å². The average Bonchev–Trinajstić information content (AvgIpc) is 2.81. The van der Waals surface area contributed by atoms with Crippen LogP contribution < -0.4 is 5.32 Å². The first kappa shape index (κ1) is 19.6. The Morgan fingerprint density at radius 1 is 1.00 bits per heavy atom. The SMILES string of the molecule is N#Cc1ccc(Nc2ccc(C(=O)N3CCC(Cc4ccccc4)CC3)nn2)cc1. The largest absolute Gasteiger partial charge is 0.339 e. The van der Waals surface area contributed by atoms with E-state index in [0.29, 0.717) is 23.0 Å². The van der Waals surface area contributed by atoms with Crippen molar-refractivity contribution in [3.8, 4) is 6.07 Å². The first-order valence-corrected chi connectivity index (χ1v) is 10.2. The number of rotatable bonds is 5. The number of nitrogens with zero attached hydrogens (tertiary/aromatic N) is 4. The second-order valence-corrected chi connectivity index (χ2v) is 7.54. The van der Waals surface area contributed by atoms with E-state index in [1.54, 1.807) is 36.4 Å². The molecule has 0 aliphatic carbocycles. The molecule has 0 unspecified atom stereocenters. The molecule has 2 heterocycles. The number of carbonyl (C=O) groups excluding carboxylic acids is 1. The number of amides is 1. The van der Waals surface area contributed by atoms with Gasteiger partial charge in [0.1, 0.15) is 0 Å². The number of carbonyl (C=O) groups is 1. The number of aromatic nitrogens is 2. The fourth-order valence-corrected chi connectivity index (χ4v) is 3.74. The summed E-state index contributed by atoms with van der Waals surface area (Å²) in [5, 5.41) is 20.2. The number of piperidine rings is 1. The molecule has 0 radical (unpaired) electrons. The van der Waals surface area contributed by atoms with E-state index in [2.05, 4.69) is 45.8 Å². The van der Waals surface area contributed by atoms with E-state index < -0.39 is 0 Å². The summed E-state index contributed by atoms with van der Waals surface area (Å²) in [6, 6.07) is 23.1. The van der Waals surface area contributed by atoms with Crippen molar-refractivity contribution in [3.63, 3.8) is 0 Å². The zero-order valence-electron chi connectivity index (χ0n) is 16.7. The molecule has 150 valence electrons. The molecule has 2 aromatic carbocycles. The molecule has 1 fully saturated rings. The molecular formula is C24H23N5O. The first-order valence-electron chi connectivity index (χ1n) is 10.2. The minimum Gasteiger partial charge on any atom is -0.339 e. The number of nitrogens with one attached hydrogen (secondary N) is 1. The highest BCUT2D eigenvalue weighted by Crippen LogP contribution is 2.23. The van der Waals surface area contributed by atoms with Gasteiger partial charge in [-0.25, -0.2) is 0 Å². The van der Waals surface area contributed by atoms with Crippen LogP contribution in [0.3, 0.4) is 0 Å². The van der Waals surface area contributed by atoms with E-state index in [-0.39, 0.29) is 5.91 Å². The maximum Gasteiger partial charge on any atom is 0.274 e. The van der Waals surface area contributed by atoms with E-state index in [1.165, 1.54) is 5.56 Å². The molecule has 4 rings (SSSR count). The molecule has 1 aromatic heterocycles. The molecule has 1 saturated heterocycles. The van der Waals surface area contributed by atoms with Gasteiger partial charge in [0.15, 0.2) is 11.5 Å². The molecule has 1 amide bonds. The third kappa shape index (κ3) is 4.81. The lowest BCUT2D eigenvalue weighted by atomic mass is 9.90. The standard InChI is InChI=1S/C24H23N5O/c25-17-20-6-8-21(9-7-20)26-23-11-10-22(27-28-23)24(30)29-14-12-19(13-15-29)16-18-4-2-1-3-5-18/h1-11,19H,12-16H2,(H,26,28). The number of hydrogen-bond acceptors (Lipinski definition) is 5. The zero-order valence-corrected chi connectivity index (χ0v) is 16.7. The van der Waals surface area contributed by atoms with Gasteiger partial charge in [-0.3, -0.25) is 4.79 Å². The molecular weight excluding hydrogens is 374 g/mol. The van der Waals surface area contributed by atoms with Gasteiger partial charge in [0, 0.05) is 18.8 Å². The lowest BCUT2D eigenvalue weighted by Crippen LogP contribution is -2.39. The van der Waals surface area contributed by atoms with Crippen LogP contribution in [-0.4, -0.2) is 34.1 Å². The number of likely N-dealkylation sites (tertiary alicyclic amines) is 1. The van der Waals surface area contributed by atoms with E-state index in [1.807, 2.05) is 11.0 Å². The minimum atomic E-state index is -0.0643. The topological polar surface area (TPSA) is 81.9 Å². The third-order valence-electron chi connectivity index (χ3n) is 5.44. The van der Waals surface area contributed by atoms with Gasteiger partial charge in [-0.15, -0.1) is 10.2 Å². The van der Waals surface area contributed by atoms with Gasteiger partial charge < -0.3 is 10.2 Å². The van der Waals surface area contributed by atoms with Crippen LogP contribution in [0.2, 0.25) is 0 Å². The van der Waals surface area contributed by atoms with Gasteiger partial charge in [-0.1, -0.05) is 30.3 Å². The fourth-order valence-electron chi connectivity index (χ4n) is 3.74. The lowest BCUT2D eigenvalue weighted by Gasteiger charge is -2.31. The van der Waals surface area contributed by atoms with Crippen LogP contribution in [0.5, 0.6) is 0 Å². The Morgan fingerprint density at radius 3 is 2.37 bits per heavy atom. The molecule has 30 heavy (non-hydrogen) atoms. The summed E-state index contributed by atoms with van der Waals surface area (Å²) in [4.78, 5) is 14.7. The number of anilines is 2. The van der Waals surface area contributed by atoms with Gasteiger partial charge in [0.25, 0.3) is 5.91 Å². The Kier molecular flexibility index (Phi) is 6.00. The Balaban J connectivity index is 1.31. The molecule has 0 saturated carbocycles. The zero-order chi connectivity index (χ0) is 20.8. The van der Waals surface area contributed by atoms with Gasteiger partial charge >= 0.3 is 0 Å². The molecule has 1 aliphatic heterocycles. The van der Waals surface area contributed by atoms with E-state index >= 15 is 0 Å². The summed E-state index contributed by atoms with van der Waals surface area (Å²) in [7, 11) is 0. The highest BCUT2D eigenvalue weighted by atomic mass is 16.2. The summed E-state index contributed by atoms with van der Waals surface area (Å²) in [6.07, 6.45) is 3.08. The molecule has 0 atom stereocenters. The van der Waals surface area contributed by atoms with Crippen LogP contribution >= 0.6 is 0 Å². The van der Waals surface area contributed by atoms with Crippen molar-refractivity contribution in [2.24, 2.45) is 5.92 Å². The fraction of sp³-hybridized carbons (Fsp3) is 0.250. The van der Waals surface area contributed by atoms with E-state index in [0.717, 1.165) is 38.0 Å². The van der Waals surface area contributed by atoms with Crippen LogP contribution in [-0.2, 0) is 6.42 Å². The molecule has 1 aliphatic rings. The van der Waals surface area contributed by atoms with Crippen molar-refractivity contribution in [1.82, 2.24) is 15.1 Å². The number of nitriles is 1. The molecule has 3 aromatic rings. The third-order valence-corrected chi connectivity index (χ3v) is 5.44. The average molecular weight is 397 g/mol. The van der Waals surface area contributed by atoms with Crippen molar-refractivity contribution in [3.05, 3.63) is 83.6 Å². The Morgan fingerprint density at radius 2 is 1.73 bits per heavy atom. The Bertz CT molecular complexity index is 1020. The van der Waals surface area contributed by atoms with Crippen LogP contribution in [0, 0.1) is 17.2 Å². The minimum absolute atomic E-state index is 0.0643. The molecule has 6 nitrogen and oxygen atoms in total. The highest BCUT2D eigenvalue weighted by Gasteiger charge is 2.24. The van der Waals surface area contributed by atoms with Crippen molar-refractivity contribution >= 4 is 17.4 Å². The maximum absolute atomic E-state index is 12.8. The summed E-state index contributed by atoms with van der Waals surface area (Å²) >= 11 is 0. The van der Waals surface area contributed by atoms with Crippen molar-refractivity contribution in [1.29, 1.82) is 5.26 Å². The van der Waals surface area contributed by atoms with E-state index in [4.69, 9.17) is 5.26 Å². The van der Waals surface area contributed by atoms with Gasteiger partial charge in [-0.2, -0.15) is 5.26 Å². The van der Waals surface area contributed by atoms with E-state index in [9.17, 15) is 4.79 Å². The second kappa shape index (κ2) is 9.19. The number of benzene rings is 2. The summed E-state index contributed by atoms with van der Waals surface area (Å²) in [6.45, 7) is 1.51. The Hall–Kier alpha value is -3.72. The monoisotopic (exact) mass is 397 g/mol. The van der Waals surface area contributed by atoms with Crippen LogP contribution in [0.15, 0.2) is 66.7 Å². The van der Waals surface area contributed by atoms with Gasteiger partial charge in [0.05, 0.1) is 11.6 Å². The van der Waals surface area contributed by atoms with Crippen molar-refractivity contribution < 1.29 is 4.79 Å². The number of hydrogen-bond donors (Lipinski definition) is 1. The summed E-state index contributed by atoms with van der Waals surface area (Å²) < 4.78 is 0. The summed E-state index contributed by atoms with van der Waals surface area (Å²) in [5.41, 5.74) is 3.13. The van der Waals surface area contributed by atoms with Crippen LogP contribution in [0.1, 0.15) is 34.5 Å². The summed E-state index contributed by atoms with van der Waals surface area (Å²) in [5.74, 6) is 1.10. The van der Waals surface area contributed by atoms with Gasteiger partial charge in [0.2, 0.25) is 0 Å². The lowest BCUT2D eigenvalue weighted by molar-refractivity contribution is 0.0683. The highest BCUT2D eigenvalue weighted by molar-refractivity contribution is 5.92. The first-order chi connectivity index (χ1) is 14.7.